The van der Waals surface area contributed by atoms with Gasteiger partial charge in [0, 0.05) is 6.04 Å². The molecule has 1 fully saturated rings. The lowest BCUT2D eigenvalue weighted by molar-refractivity contribution is -0.133. The molecule has 164 valence electrons. The third-order valence-corrected chi connectivity index (χ3v) is 8.23. The second-order valence-electron chi connectivity index (χ2n) is 8.48. The van der Waals surface area contributed by atoms with Crippen molar-refractivity contribution in [2.75, 3.05) is 0 Å². The van der Waals surface area contributed by atoms with E-state index in [-0.39, 0.29) is 10.5 Å². The topological polar surface area (TPSA) is 74.7 Å². The monoisotopic (exact) mass is 443 g/mol. The summed E-state index contributed by atoms with van der Waals surface area (Å²) < 4.78 is 42.4. The van der Waals surface area contributed by atoms with E-state index in [4.69, 9.17) is 0 Å². The summed E-state index contributed by atoms with van der Waals surface area (Å²) in [5, 5.41) is 9.90. The van der Waals surface area contributed by atoms with Crippen molar-refractivity contribution in [3.63, 3.8) is 0 Å². The number of benzene rings is 2. The summed E-state index contributed by atoms with van der Waals surface area (Å²) in [6, 6.07) is 10.4. The fourth-order valence-corrected chi connectivity index (χ4v) is 6.51. The quantitative estimate of drug-likeness (QED) is 0.693. The Kier molecular flexibility index (Phi) is 5.99. The second-order valence-corrected chi connectivity index (χ2v) is 10.3. The average molecular weight is 444 g/mol. The first kappa shape index (κ1) is 21.7. The van der Waals surface area contributed by atoms with Crippen LogP contribution in [0.25, 0.3) is 0 Å². The summed E-state index contributed by atoms with van der Waals surface area (Å²) in [5.41, 5.74) is 1.40. The van der Waals surface area contributed by atoms with Gasteiger partial charge in [-0.3, -0.25) is 0 Å². The highest BCUT2D eigenvalue weighted by atomic mass is 32.2. The molecule has 1 aliphatic carbocycles. The zero-order valence-electron chi connectivity index (χ0n) is 17.4. The van der Waals surface area contributed by atoms with Crippen LogP contribution in [0.5, 0.6) is 0 Å². The van der Waals surface area contributed by atoms with E-state index in [0.29, 0.717) is 17.9 Å². The minimum Gasteiger partial charge on any atom is -0.478 e. The maximum Gasteiger partial charge on any atom is 0.333 e. The Labute approximate surface area is 182 Å². The number of sulfonamides is 1. The van der Waals surface area contributed by atoms with E-state index in [1.165, 1.54) is 28.6 Å². The molecule has 0 radical (unpaired) electrons. The van der Waals surface area contributed by atoms with Gasteiger partial charge in [0.05, 0.1) is 16.5 Å². The fraction of sp³-hybridized carbons (Fsp3) is 0.375. The van der Waals surface area contributed by atoms with Gasteiger partial charge in [-0.1, -0.05) is 61.6 Å². The highest BCUT2D eigenvalue weighted by Gasteiger charge is 2.46. The lowest BCUT2D eigenvalue weighted by atomic mass is 9.98. The van der Waals surface area contributed by atoms with Gasteiger partial charge in [0.15, 0.2) is 0 Å². The molecule has 0 saturated heterocycles. The fourth-order valence-electron chi connectivity index (χ4n) is 4.77. The third kappa shape index (κ3) is 4.29. The number of aliphatic carboxylic acids is 1. The molecule has 0 bridgehead atoms. The predicted molar refractivity (Wildman–Crippen MR) is 115 cm³/mol. The Morgan fingerprint density at radius 3 is 2.26 bits per heavy atom. The molecule has 0 spiro atoms. The van der Waals surface area contributed by atoms with Crippen molar-refractivity contribution >= 4 is 16.0 Å². The summed E-state index contributed by atoms with van der Waals surface area (Å²) >= 11 is 0. The van der Waals surface area contributed by atoms with E-state index in [1.54, 1.807) is 30.3 Å². The Morgan fingerprint density at radius 2 is 1.68 bits per heavy atom. The number of halogens is 1. The van der Waals surface area contributed by atoms with E-state index < -0.39 is 33.9 Å². The number of hydrogen-bond acceptors (Lipinski definition) is 3. The lowest BCUT2D eigenvalue weighted by Gasteiger charge is -2.32. The van der Waals surface area contributed by atoms with Crippen molar-refractivity contribution in [2.24, 2.45) is 5.92 Å². The van der Waals surface area contributed by atoms with Crippen LogP contribution in [0, 0.1) is 18.7 Å². The molecule has 7 heteroatoms. The van der Waals surface area contributed by atoms with Gasteiger partial charge in [-0.25, -0.2) is 17.6 Å². The van der Waals surface area contributed by atoms with Gasteiger partial charge < -0.3 is 5.11 Å². The molecule has 1 heterocycles. The maximum absolute atomic E-state index is 13.8. The molecule has 0 unspecified atom stereocenters. The van der Waals surface area contributed by atoms with E-state index >= 15 is 0 Å². The van der Waals surface area contributed by atoms with Gasteiger partial charge in [-0.05, 0) is 49.1 Å². The lowest BCUT2D eigenvalue weighted by Crippen LogP contribution is -2.39. The van der Waals surface area contributed by atoms with Crippen molar-refractivity contribution in [3.8, 4) is 0 Å². The number of rotatable bonds is 6. The number of carboxylic acids is 1. The van der Waals surface area contributed by atoms with Crippen molar-refractivity contribution in [1.29, 1.82) is 0 Å². The van der Waals surface area contributed by atoms with Crippen molar-refractivity contribution in [1.82, 2.24) is 4.31 Å². The molecule has 1 saturated carbocycles. The van der Waals surface area contributed by atoms with Gasteiger partial charge in [-0.2, -0.15) is 4.31 Å². The Morgan fingerprint density at radius 1 is 1.06 bits per heavy atom. The highest BCUT2D eigenvalue weighted by Crippen LogP contribution is 2.44. The zero-order valence-corrected chi connectivity index (χ0v) is 18.2. The second kappa shape index (κ2) is 8.55. The average Bonchev–Trinajstić information content (AvgIpc) is 3.37. The molecule has 0 amide bonds. The summed E-state index contributed by atoms with van der Waals surface area (Å²) in [4.78, 5) is 12.3. The maximum atomic E-state index is 13.8. The predicted octanol–water partition coefficient (Wildman–Crippen LogP) is 4.84. The van der Waals surface area contributed by atoms with E-state index in [1.807, 2.05) is 6.92 Å². The molecule has 2 atom stereocenters. The SMILES string of the molecule is Cc1ccc(S(=O)(=O)N2[C@@H](c3ccc(F)cc3)C(C(=O)O)=C[C@H]2CC2CCCC2)cc1. The number of carboxylic acid groups (broad SMARTS) is 1. The molecule has 1 aliphatic heterocycles. The first-order valence-electron chi connectivity index (χ1n) is 10.6. The van der Waals surface area contributed by atoms with E-state index in [9.17, 15) is 22.7 Å². The number of hydrogen-bond donors (Lipinski definition) is 1. The first-order valence-corrected chi connectivity index (χ1v) is 12.0. The molecule has 31 heavy (non-hydrogen) atoms. The molecular weight excluding hydrogens is 417 g/mol. The first-order chi connectivity index (χ1) is 14.8. The van der Waals surface area contributed by atoms with E-state index in [2.05, 4.69) is 0 Å². The van der Waals surface area contributed by atoms with Crippen LogP contribution in [0.15, 0.2) is 65.1 Å². The van der Waals surface area contributed by atoms with Crippen LogP contribution in [-0.4, -0.2) is 29.8 Å². The summed E-state index contributed by atoms with van der Waals surface area (Å²) in [6.07, 6.45) is 6.43. The number of carbonyl (C=O) groups is 1. The highest BCUT2D eigenvalue weighted by molar-refractivity contribution is 7.89. The largest absolute Gasteiger partial charge is 0.478 e. The Hall–Kier alpha value is -2.51. The van der Waals surface area contributed by atoms with Crippen LogP contribution in [0.3, 0.4) is 0 Å². The number of aryl methyl sites for hydroxylation is 1. The van der Waals surface area contributed by atoms with Crippen molar-refractivity contribution in [2.45, 2.75) is 56.0 Å². The van der Waals surface area contributed by atoms with Gasteiger partial charge in [0.25, 0.3) is 0 Å². The van der Waals surface area contributed by atoms with Crippen LogP contribution >= 0.6 is 0 Å². The van der Waals surface area contributed by atoms with Crippen LogP contribution in [-0.2, 0) is 14.8 Å². The van der Waals surface area contributed by atoms with Gasteiger partial charge in [0.1, 0.15) is 5.82 Å². The molecule has 5 nitrogen and oxygen atoms in total. The summed E-state index contributed by atoms with van der Waals surface area (Å²) in [5.74, 6) is -1.26. The minimum atomic E-state index is -4.00. The number of nitrogens with zero attached hydrogens (tertiary/aromatic N) is 1. The molecular formula is C24H26FNO4S. The van der Waals surface area contributed by atoms with E-state index in [0.717, 1.165) is 31.2 Å². The van der Waals surface area contributed by atoms with Crippen molar-refractivity contribution in [3.05, 3.63) is 77.1 Å². The molecule has 2 aromatic rings. The summed E-state index contributed by atoms with van der Waals surface area (Å²) in [7, 11) is -4.00. The normalized spacial score (nSPS) is 22.6. The Bertz CT molecular complexity index is 1090. The molecule has 4 rings (SSSR count). The van der Waals surface area contributed by atoms with Crippen LogP contribution in [0.1, 0.15) is 49.3 Å². The molecule has 1 N–H and O–H groups in total. The standard InChI is InChI=1S/C24H26FNO4S/c1-16-6-12-21(13-7-16)31(29,30)26-20(14-17-4-2-3-5-17)15-22(24(27)28)23(26)18-8-10-19(25)11-9-18/h6-13,15,17,20,23H,2-5,14H2,1H3,(H,27,28)/t20-,23+/m1/s1. The van der Waals surface area contributed by atoms with Gasteiger partial charge >= 0.3 is 5.97 Å². The minimum absolute atomic E-state index is 0.0188. The van der Waals surface area contributed by atoms with Crippen LogP contribution < -0.4 is 0 Å². The molecule has 2 aliphatic rings. The van der Waals surface area contributed by atoms with Crippen LogP contribution in [0.2, 0.25) is 0 Å². The van der Waals surface area contributed by atoms with Gasteiger partial charge in [-0.15, -0.1) is 0 Å². The van der Waals surface area contributed by atoms with Crippen LogP contribution in [0.4, 0.5) is 4.39 Å². The Balaban J connectivity index is 1.82. The smallest absolute Gasteiger partial charge is 0.333 e. The molecule has 2 aromatic carbocycles. The molecule has 0 aromatic heterocycles. The van der Waals surface area contributed by atoms with Crippen molar-refractivity contribution < 1.29 is 22.7 Å². The summed E-state index contributed by atoms with van der Waals surface area (Å²) in [6.45, 7) is 1.88. The third-order valence-electron chi connectivity index (χ3n) is 6.33. The van der Waals surface area contributed by atoms with Gasteiger partial charge in [0.2, 0.25) is 10.0 Å². The zero-order chi connectivity index (χ0) is 22.2.